The molecule has 1 aliphatic heterocycles. The van der Waals surface area contributed by atoms with E-state index in [1.54, 1.807) is 0 Å². The van der Waals surface area contributed by atoms with Gasteiger partial charge in [0.15, 0.2) is 0 Å². The molecule has 1 aromatic carbocycles. The van der Waals surface area contributed by atoms with E-state index >= 15 is 0 Å². The number of aliphatic hydroxyl groups excluding tert-OH is 1. The highest BCUT2D eigenvalue weighted by atomic mass is 35.5. The molecule has 19 heavy (non-hydrogen) atoms. The van der Waals surface area contributed by atoms with Crippen molar-refractivity contribution in [1.29, 1.82) is 0 Å². The first kappa shape index (κ1) is 14.8. The minimum atomic E-state index is -0.428. The van der Waals surface area contributed by atoms with Crippen molar-refractivity contribution in [2.75, 3.05) is 19.7 Å². The Kier molecular flexibility index (Phi) is 5.22. The first-order chi connectivity index (χ1) is 9.06. The summed E-state index contributed by atoms with van der Waals surface area (Å²) < 4.78 is 5.61. The Hall–Kier alpha value is -0.610. The van der Waals surface area contributed by atoms with Gasteiger partial charge in [-0.1, -0.05) is 23.7 Å². The van der Waals surface area contributed by atoms with Crippen LogP contribution in [0, 0.1) is 0 Å². The first-order valence-electron chi connectivity index (χ1n) is 6.85. The molecule has 3 atom stereocenters. The average molecular weight is 284 g/mol. The van der Waals surface area contributed by atoms with Crippen LogP contribution in [0.1, 0.15) is 31.9 Å². The number of ether oxygens (including phenoxy) is 1. The third-order valence-electron chi connectivity index (χ3n) is 3.68. The van der Waals surface area contributed by atoms with Crippen LogP contribution in [0.4, 0.5) is 0 Å². The second-order valence-corrected chi connectivity index (χ2v) is 5.78. The van der Waals surface area contributed by atoms with Gasteiger partial charge in [0.1, 0.15) is 0 Å². The third-order valence-corrected chi connectivity index (χ3v) is 3.93. The van der Waals surface area contributed by atoms with Crippen molar-refractivity contribution >= 4 is 11.6 Å². The zero-order valence-electron chi connectivity index (χ0n) is 11.6. The molecule has 4 heteroatoms. The summed E-state index contributed by atoms with van der Waals surface area (Å²) in [5.41, 5.74) is 0.929. The molecule has 1 heterocycles. The fourth-order valence-corrected chi connectivity index (χ4v) is 2.55. The van der Waals surface area contributed by atoms with Crippen molar-refractivity contribution in [2.24, 2.45) is 0 Å². The maximum absolute atomic E-state index is 10.2. The molecule has 0 spiro atoms. The Morgan fingerprint density at radius 2 is 2.05 bits per heavy atom. The Balaban J connectivity index is 1.85. The molecular weight excluding hydrogens is 262 g/mol. The van der Waals surface area contributed by atoms with Gasteiger partial charge in [-0.3, -0.25) is 4.90 Å². The van der Waals surface area contributed by atoms with Gasteiger partial charge in [-0.2, -0.15) is 0 Å². The largest absolute Gasteiger partial charge is 0.388 e. The van der Waals surface area contributed by atoms with Gasteiger partial charge in [0.05, 0.1) is 18.8 Å². The maximum atomic E-state index is 10.2. The minimum absolute atomic E-state index is 0.281. The van der Waals surface area contributed by atoms with Crippen LogP contribution in [0.15, 0.2) is 24.3 Å². The highest BCUT2D eigenvalue weighted by Gasteiger charge is 2.23. The SMILES string of the molecule is CC1CN(CCC(O)c2ccc(Cl)cc2)C(C)CO1. The molecule has 1 aromatic rings. The lowest BCUT2D eigenvalue weighted by Crippen LogP contribution is -2.47. The number of rotatable bonds is 4. The zero-order valence-corrected chi connectivity index (χ0v) is 12.3. The van der Waals surface area contributed by atoms with E-state index in [2.05, 4.69) is 18.7 Å². The van der Waals surface area contributed by atoms with E-state index < -0.39 is 6.10 Å². The van der Waals surface area contributed by atoms with Gasteiger partial charge >= 0.3 is 0 Å². The van der Waals surface area contributed by atoms with Gasteiger partial charge in [0, 0.05) is 24.2 Å². The molecule has 3 nitrogen and oxygen atoms in total. The summed E-state index contributed by atoms with van der Waals surface area (Å²) in [6.07, 6.45) is 0.588. The summed E-state index contributed by atoms with van der Waals surface area (Å²) in [7, 11) is 0. The molecule has 106 valence electrons. The standard InChI is InChI=1S/C15H22ClNO2/c1-11-10-19-12(2)9-17(11)8-7-15(18)13-3-5-14(16)6-4-13/h3-6,11-12,15,18H,7-10H2,1-2H3. The second kappa shape index (κ2) is 6.71. The fraction of sp³-hybridized carbons (Fsp3) is 0.600. The molecular formula is C15H22ClNO2. The maximum Gasteiger partial charge on any atom is 0.0802 e. The van der Waals surface area contributed by atoms with E-state index in [9.17, 15) is 5.11 Å². The van der Waals surface area contributed by atoms with Crippen LogP contribution >= 0.6 is 11.6 Å². The summed E-state index contributed by atoms with van der Waals surface area (Å²) in [6, 6.07) is 7.84. The molecule has 1 aliphatic rings. The Bertz CT molecular complexity index is 396. The van der Waals surface area contributed by atoms with Crippen molar-refractivity contribution in [3.05, 3.63) is 34.9 Å². The van der Waals surface area contributed by atoms with E-state index in [1.807, 2.05) is 24.3 Å². The van der Waals surface area contributed by atoms with Crippen LogP contribution in [0.25, 0.3) is 0 Å². The lowest BCUT2D eigenvalue weighted by atomic mass is 10.1. The van der Waals surface area contributed by atoms with Crippen LogP contribution in [0.3, 0.4) is 0 Å². The zero-order chi connectivity index (χ0) is 13.8. The molecule has 1 N–H and O–H groups in total. The summed E-state index contributed by atoms with van der Waals surface area (Å²) in [5.74, 6) is 0. The molecule has 1 saturated heterocycles. The highest BCUT2D eigenvalue weighted by molar-refractivity contribution is 6.30. The Morgan fingerprint density at radius 3 is 2.74 bits per heavy atom. The molecule has 0 aromatic heterocycles. The lowest BCUT2D eigenvalue weighted by Gasteiger charge is -2.37. The number of morpholine rings is 1. The molecule has 0 saturated carbocycles. The number of aliphatic hydroxyl groups is 1. The average Bonchev–Trinajstić information content (AvgIpc) is 2.40. The molecule has 0 aliphatic carbocycles. The Labute approximate surface area is 120 Å². The molecule has 2 rings (SSSR count). The van der Waals surface area contributed by atoms with E-state index in [0.29, 0.717) is 11.1 Å². The van der Waals surface area contributed by atoms with Crippen LogP contribution < -0.4 is 0 Å². The minimum Gasteiger partial charge on any atom is -0.388 e. The van der Waals surface area contributed by atoms with Gasteiger partial charge in [0.25, 0.3) is 0 Å². The van der Waals surface area contributed by atoms with Gasteiger partial charge in [0.2, 0.25) is 0 Å². The summed E-state index contributed by atoms with van der Waals surface area (Å²) in [5, 5.41) is 10.9. The monoisotopic (exact) mass is 283 g/mol. The number of nitrogens with zero attached hydrogens (tertiary/aromatic N) is 1. The number of hydrogen-bond donors (Lipinski definition) is 1. The van der Waals surface area contributed by atoms with E-state index in [4.69, 9.17) is 16.3 Å². The van der Waals surface area contributed by atoms with Crippen molar-refractivity contribution in [1.82, 2.24) is 4.90 Å². The molecule has 0 amide bonds. The van der Waals surface area contributed by atoms with Crippen molar-refractivity contribution in [2.45, 2.75) is 38.5 Å². The summed E-state index contributed by atoms with van der Waals surface area (Å²) in [4.78, 5) is 2.38. The summed E-state index contributed by atoms with van der Waals surface area (Å²) in [6.45, 7) is 6.86. The molecule has 0 radical (unpaired) electrons. The van der Waals surface area contributed by atoms with E-state index in [1.165, 1.54) is 0 Å². The molecule has 0 bridgehead atoms. The smallest absolute Gasteiger partial charge is 0.0802 e. The van der Waals surface area contributed by atoms with E-state index in [0.717, 1.165) is 31.7 Å². The van der Waals surface area contributed by atoms with E-state index in [-0.39, 0.29) is 6.10 Å². The van der Waals surface area contributed by atoms with Crippen molar-refractivity contribution in [3.8, 4) is 0 Å². The molecule has 1 fully saturated rings. The van der Waals surface area contributed by atoms with Gasteiger partial charge in [-0.25, -0.2) is 0 Å². The van der Waals surface area contributed by atoms with Gasteiger partial charge < -0.3 is 9.84 Å². The summed E-state index contributed by atoms with van der Waals surface area (Å²) >= 11 is 5.85. The highest BCUT2D eigenvalue weighted by Crippen LogP contribution is 2.21. The number of halogens is 1. The van der Waals surface area contributed by atoms with Crippen molar-refractivity contribution in [3.63, 3.8) is 0 Å². The van der Waals surface area contributed by atoms with Gasteiger partial charge in [-0.05, 0) is 38.0 Å². The van der Waals surface area contributed by atoms with Crippen LogP contribution in [-0.2, 0) is 4.74 Å². The van der Waals surface area contributed by atoms with Crippen LogP contribution in [0.5, 0.6) is 0 Å². The number of benzene rings is 1. The topological polar surface area (TPSA) is 32.7 Å². The second-order valence-electron chi connectivity index (χ2n) is 5.34. The van der Waals surface area contributed by atoms with Crippen molar-refractivity contribution < 1.29 is 9.84 Å². The fourth-order valence-electron chi connectivity index (χ4n) is 2.42. The third kappa shape index (κ3) is 4.18. The first-order valence-corrected chi connectivity index (χ1v) is 7.23. The quantitative estimate of drug-likeness (QED) is 0.922. The van der Waals surface area contributed by atoms with Crippen LogP contribution in [-0.4, -0.2) is 41.8 Å². The lowest BCUT2D eigenvalue weighted by molar-refractivity contribution is -0.0527. The predicted octanol–water partition coefficient (Wildman–Crippen LogP) is 2.87. The van der Waals surface area contributed by atoms with Crippen LogP contribution in [0.2, 0.25) is 5.02 Å². The number of hydrogen-bond acceptors (Lipinski definition) is 3. The predicted molar refractivity (Wildman–Crippen MR) is 77.5 cm³/mol. The molecule has 3 unspecified atom stereocenters. The normalized spacial score (nSPS) is 26.3. The Morgan fingerprint density at radius 1 is 1.37 bits per heavy atom. The van der Waals surface area contributed by atoms with Gasteiger partial charge in [-0.15, -0.1) is 0 Å².